The van der Waals surface area contributed by atoms with Crippen molar-refractivity contribution >= 4 is 5.91 Å². The van der Waals surface area contributed by atoms with E-state index in [-0.39, 0.29) is 17.4 Å². The topological polar surface area (TPSA) is 40.5 Å². The van der Waals surface area contributed by atoms with Gasteiger partial charge in [-0.1, -0.05) is 19.9 Å². The second kappa shape index (κ2) is 4.96. The molecular formula is C14H18FNO2. The molecule has 3 nitrogen and oxygen atoms in total. The number of carbonyl (C=O) groups excluding carboxylic acids is 1. The van der Waals surface area contributed by atoms with Crippen LogP contribution >= 0.6 is 0 Å². The number of halogens is 1. The van der Waals surface area contributed by atoms with Gasteiger partial charge in [0.1, 0.15) is 17.1 Å². The van der Waals surface area contributed by atoms with Gasteiger partial charge >= 0.3 is 0 Å². The van der Waals surface area contributed by atoms with Crippen LogP contribution < -0.4 is 0 Å². The summed E-state index contributed by atoms with van der Waals surface area (Å²) < 4.78 is 13.7. The van der Waals surface area contributed by atoms with Crippen molar-refractivity contribution in [3.05, 3.63) is 29.6 Å². The van der Waals surface area contributed by atoms with Gasteiger partial charge in [0, 0.05) is 12.6 Å². The Morgan fingerprint density at radius 1 is 1.50 bits per heavy atom. The Morgan fingerprint density at radius 2 is 2.17 bits per heavy atom. The van der Waals surface area contributed by atoms with E-state index in [4.69, 9.17) is 0 Å². The number of phenols is 1. The molecule has 18 heavy (non-hydrogen) atoms. The zero-order chi connectivity index (χ0) is 13.3. The quantitative estimate of drug-likeness (QED) is 0.894. The lowest BCUT2D eigenvalue weighted by molar-refractivity contribution is 0.0714. The molecule has 0 radical (unpaired) electrons. The minimum absolute atomic E-state index is 0.204. The van der Waals surface area contributed by atoms with Crippen LogP contribution in [0.3, 0.4) is 0 Å². The van der Waals surface area contributed by atoms with Crippen LogP contribution in [0.4, 0.5) is 4.39 Å². The Morgan fingerprint density at radius 3 is 2.67 bits per heavy atom. The summed E-state index contributed by atoms with van der Waals surface area (Å²) in [7, 11) is 0. The van der Waals surface area contributed by atoms with Gasteiger partial charge in [0.05, 0.1) is 0 Å². The van der Waals surface area contributed by atoms with Gasteiger partial charge in [-0.25, -0.2) is 4.39 Å². The first-order valence-corrected chi connectivity index (χ1v) is 6.29. The van der Waals surface area contributed by atoms with Gasteiger partial charge in [0.2, 0.25) is 0 Å². The zero-order valence-electron chi connectivity index (χ0n) is 10.7. The molecule has 98 valence electrons. The van der Waals surface area contributed by atoms with Crippen LogP contribution in [0.1, 0.15) is 37.0 Å². The normalized spacial score (nSPS) is 14.9. The maximum Gasteiger partial charge on any atom is 0.260 e. The third-order valence-corrected chi connectivity index (χ3v) is 3.02. The molecule has 4 heteroatoms. The van der Waals surface area contributed by atoms with Crippen molar-refractivity contribution < 1.29 is 14.3 Å². The summed E-state index contributed by atoms with van der Waals surface area (Å²) in [4.78, 5) is 14.0. The predicted octanol–water partition coefficient (Wildman–Crippen LogP) is 2.79. The summed E-state index contributed by atoms with van der Waals surface area (Å²) in [5, 5.41) is 9.66. The molecule has 1 fully saturated rings. The molecule has 1 aromatic carbocycles. The number of amides is 1. The van der Waals surface area contributed by atoms with E-state index in [1.165, 1.54) is 18.2 Å². The maximum atomic E-state index is 13.7. The van der Waals surface area contributed by atoms with Crippen molar-refractivity contribution in [2.24, 2.45) is 5.92 Å². The summed E-state index contributed by atoms with van der Waals surface area (Å²) in [6.45, 7) is 4.63. The molecule has 0 saturated heterocycles. The predicted molar refractivity (Wildman–Crippen MR) is 67.0 cm³/mol. The van der Waals surface area contributed by atoms with Gasteiger partial charge in [-0.3, -0.25) is 4.79 Å². The highest BCUT2D eigenvalue weighted by molar-refractivity contribution is 5.97. The zero-order valence-corrected chi connectivity index (χ0v) is 10.7. The van der Waals surface area contributed by atoms with Crippen molar-refractivity contribution in [1.29, 1.82) is 0 Å². The molecule has 1 aromatic rings. The van der Waals surface area contributed by atoms with Crippen molar-refractivity contribution in [1.82, 2.24) is 4.90 Å². The Labute approximate surface area is 106 Å². The van der Waals surface area contributed by atoms with Gasteiger partial charge in [-0.2, -0.15) is 0 Å². The van der Waals surface area contributed by atoms with Gasteiger partial charge < -0.3 is 10.0 Å². The van der Waals surface area contributed by atoms with Crippen molar-refractivity contribution in [3.63, 3.8) is 0 Å². The Balaban J connectivity index is 2.27. The van der Waals surface area contributed by atoms with Crippen LogP contribution in [-0.2, 0) is 0 Å². The molecule has 0 aliphatic heterocycles. The number of aromatic hydroxyl groups is 1. The summed E-state index contributed by atoms with van der Waals surface area (Å²) in [5.41, 5.74) is -0.204. The fraction of sp³-hybridized carbons (Fsp3) is 0.500. The second-order valence-electron chi connectivity index (χ2n) is 5.22. The smallest absolute Gasteiger partial charge is 0.260 e. The van der Waals surface area contributed by atoms with E-state index in [2.05, 4.69) is 0 Å². The molecule has 1 amide bonds. The molecular weight excluding hydrogens is 233 g/mol. The van der Waals surface area contributed by atoms with Gasteiger partial charge in [-0.15, -0.1) is 0 Å². The fourth-order valence-corrected chi connectivity index (χ4v) is 2.05. The van der Waals surface area contributed by atoms with Gasteiger partial charge in [-0.05, 0) is 30.9 Å². The number of benzene rings is 1. The highest BCUT2D eigenvalue weighted by Crippen LogP contribution is 2.31. The van der Waals surface area contributed by atoms with Crippen LogP contribution in [0.15, 0.2) is 18.2 Å². The lowest BCUT2D eigenvalue weighted by Gasteiger charge is -2.25. The van der Waals surface area contributed by atoms with Crippen LogP contribution in [0.5, 0.6) is 5.75 Å². The Bertz CT molecular complexity index is 435. The minimum atomic E-state index is -0.658. The van der Waals surface area contributed by atoms with E-state index < -0.39 is 11.7 Å². The van der Waals surface area contributed by atoms with E-state index >= 15 is 0 Å². The summed E-state index contributed by atoms with van der Waals surface area (Å²) in [5.74, 6) is -1.02. The Hall–Kier alpha value is -1.58. The molecule has 1 aliphatic rings. The second-order valence-corrected chi connectivity index (χ2v) is 5.22. The number of rotatable bonds is 4. The summed E-state index contributed by atoms with van der Waals surface area (Å²) in [6.07, 6.45) is 1.93. The van der Waals surface area contributed by atoms with E-state index in [0.717, 1.165) is 12.8 Å². The third kappa shape index (κ3) is 2.63. The van der Waals surface area contributed by atoms with Crippen LogP contribution in [0.25, 0.3) is 0 Å². The van der Waals surface area contributed by atoms with Gasteiger partial charge in [0.25, 0.3) is 5.91 Å². The molecule has 0 heterocycles. The van der Waals surface area contributed by atoms with E-state index in [1.54, 1.807) is 4.90 Å². The molecule has 2 rings (SSSR count). The molecule has 0 bridgehead atoms. The minimum Gasteiger partial charge on any atom is -0.507 e. The first-order chi connectivity index (χ1) is 8.50. The van der Waals surface area contributed by atoms with Crippen LogP contribution in [-0.4, -0.2) is 28.5 Å². The molecule has 1 N–H and O–H groups in total. The molecule has 0 aromatic heterocycles. The average molecular weight is 251 g/mol. The Kier molecular flexibility index (Phi) is 3.55. The van der Waals surface area contributed by atoms with E-state index in [0.29, 0.717) is 12.5 Å². The lowest BCUT2D eigenvalue weighted by Crippen LogP contribution is -2.36. The van der Waals surface area contributed by atoms with Crippen molar-refractivity contribution in [3.8, 4) is 5.75 Å². The molecule has 1 saturated carbocycles. The van der Waals surface area contributed by atoms with Crippen molar-refractivity contribution in [2.45, 2.75) is 32.7 Å². The number of hydrogen-bond donors (Lipinski definition) is 1. The first kappa shape index (κ1) is 12.9. The van der Waals surface area contributed by atoms with Crippen LogP contribution in [0.2, 0.25) is 0 Å². The standard InChI is InChI=1S/C14H18FNO2/c1-9(2)8-16(10-6-7-10)14(18)13-11(15)4-3-5-12(13)17/h3-5,9-10,17H,6-8H2,1-2H3. The SMILES string of the molecule is CC(C)CN(C(=O)c1c(O)cccc1F)C1CC1. The lowest BCUT2D eigenvalue weighted by atomic mass is 10.1. The molecule has 0 atom stereocenters. The summed E-state index contributed by atoms with van der Waals surface area (Å²) >= 11 is 0. The maximum absolute atomic E-state index is 13.7. The highest BCUT2D eigenvalue weighted by Gasteiger charge is 2.35. The highest BCUT2D eigenvalue weighted by atomic mass is 19.1. The van der Waals surface area contributed by atoms with Gasteiger partial charge in [0.15, 0.2) is 0 Å². The van der Waals surface area contributed by atoms with Crippen LogP contribution in [0, 0.1) is 11.7 Å². The average Bonchev–Trinajstić information content (AvgIpc) is 3.09. The first-order valence-electron chi connectivity index (χ1n) is 6.29. The number of carbonyl (C=O) groups is 1. The monoisotopic (exact) mass is 251 g/mol. The largest absolute Gasteiger partial charge is 0.507 e. The fourth-order valence-electron chi connectivity index (χ4n) is 2.05. The van der Waals surface area contributed by atoms with E-state index in [1.807, 2.05) is 13.8 Å². The number of phenolic OH excluding ortho intramolecular Hbond substituents is 1. The number of nitrogens with zero attached hydrogens (tertiary/aromatic N) is 1. The molecule has 0 unspecified atom stereocenters. The number of hydrogen-bond acceptors (Lipinski definition) is 2. The molecule has 0 spiro atoms. The molecule has 1 aliphatic carbocycles. The summed E-state index contributed by atoms with van der Waals surface area (Å²) in [6, 6.07) is 4.15. The third-order valence-electron chi connectivity index (χ3n) is 3.02. The van der Waals surface area contributed by atoms with Crippen molar-refractivity contribution in [2.75, 3.05) is 6.54 Å². The van der Waals surface area contributed by atoms with E-state index in [9.17, 15) is 14.3 Å².